The fraction of sp³-hybridized carbons (Fsp3) is 0.0714. The van der Waals surface area contributed by atoms with Gasteiger partial charge in [0, 0.05) is 10.0 Å². The monoisotopic (exact) mass is 392 g/mol. The molecule has 9 heteroatoms. The molecule has 0 atom stereocenters. The molecule has 0 fully saturated rings. The van der Waals surface area contributed by atoms with Crippen molar-refractivity contribution in [1.82, 2.24) is 14.9 Å². The molecule has 0 radical (unpaired) electrons. The van der Waals surface area contributed by atoms with Crippen LogP contribution in [0.4, 0.5) is 0 Å². The van der Waals surface area contributed by atoms with Crippen molar-refractivity contribution in [2.75, 3.05) is 6.79 Å². The van der Waals surface area contributed by atoms with Crippen LogP contribution in [0.5, 0.6) is 11.5 Å². The van der Waals surface area contributed by atoms with Gasteiger partial charge in [0.1, 0.15) is 0 Å². The van der Waals surface area contributed by atoms with E-state index in [2.05, 4.69) is 31.2 Å². The lowest BCUT2D eigenvalue weighted by molar-refractivity contribution is 0.174. The van der Waals surface area contributed by atoms with Crippen LogP contribution < -0.4 is 9.47 Å². The van der Waals surface area contributed by atoms with Crippen LogP contribution in [0.3, 0.4) is 0 Å². The van der Waals surface area contributed by atoms with Crippen molar-refractivity contribution in [2.45, 2.75) is 0 Å². The number of aromatic nitrogens is 3. The van der Waals surface area contributed by atoms with Gasteiger partial charge in [-0.1, -0.05) is 0 Å². The fourth-order valence-electron chi connectivity index (χ4n) is 2.12. The molecule has 0 amide bonds. The summed E-state index contributed by atoms with van der Waals surface area (Å²) >= 11 is 8.69. The van der Waals surface area contributed by atoms with Crippen molar-refractivity contribution in [1.29, 1.82) is 0 Å². The second kappa shape index (κ2) is 5.67. The van der Waals surface area contributed by atoms with Crippen LogP contribution in [0.2, 0.25) is 0 Å². The van der Waals surface area contributed by atoms with Gasteiger partial charge in [0.2, 0.25) is 17.4 Å². The Hall–Kier alpha value is -2.39. The summed E-state index contributed by atoms with van der Waals surface area (Å²) in [6, 6.07) is 7.24. The van der Waals surface area contributed by atoms with Crippen LogP contribution in [0.1, 0.15) is 5.56 Å². The number of furan rings is 1. The van der Waals surface area contributed by atoms with E-state index in [1.807, 2.05) is 12.1 Å². The van der Waals surface area contributed by atoms with Gasteiger partial charge in [0.15, 0.2) is 17.3 Å². The van der Waals surface area contributed by atoms with Gasteiger partial charge in [-0.25, -0.2) is 5.10 Å². The summed E-state index contributed by atoms with van der Waals surface area (Å²) in [6.45, 7) is 0.220. The number of aromatic amines is 1. The summed E-state index contributed by atoms with van der Waals surface area (Å²) < 4.78 is 18.7. The summed E-state index contributed by atoms with van der Waals surface area (Å²) in [6.07, 6.45) is 3.22. The highest BCUT2D eigenvalue weighted by atomic mass is 79.9. The Bertz CT molecular complexity index is 946. The van der Waals surface area contributed by atoms with E-state index in [-0.39, 0.29) is 6.79 Å². The Morgan fingerprint density at radius 1 is 1.35 bits per heavy atom. The third-order valence-corrected chi connectivity index (χ3v) is 4.15. The van der Waals surface area contributed by atoms with Crippen molar-refractivity contribution in [3.05, 3.63) is 45.3 Å². The highest BCUT2D eigenvalue weighted by Gasteiger charge is 2.16. The zero-order chi connectivity index (χ0) is 15.8. The van der Waals surface area contributed by atoms with Crippen LogP contribution >= 0.6 is 28.1 Å². The first-order chi connectivity index (χ1) is 11.2. The minimum atomic E-state index is 0.220. The van der Waals surface area contributed by atoms with Crippen molar-refractivity contribution in [2.24, 2.45) is 5.10 Å². The molecule has 0 saturated carbocycles. The first-order valence-electron chi connectivity index (χ1n) is 6.57. The zero-order valence-electron chi connectivity index (χ0n) is 11.5. The number of halogens is 1. The van der Waals surface area contributed by atoms with E-state index >= 15 is 0 Å². The standard InChI is InChI=1S/C14H9BrN4O3S/c15-9-5-12-11(21-7-22-12)4-8(9)6-16-19-13(17-18-14(19)23)10-2-1-3-20-10/h1-6H,7H2,(H,18,23)/b16-6-. The van der Waals surface area contributed by atoms with Crippen LogP contribution in [-0.2, 0) is 0 Å². The van der Waals surface area contributed by atoms with E-state index in [9.17, 15) is 0 Å². The molecule has 4 rings (SSSR count). The molecule has 3 aromatic rings. The summed E-state index contributed by atoms with van der Waals surface area (Å²) in [4.78, 5) is 0. The SMILES string of the molecule is S=c1[nH]nc(-c2ccco2)n1/N=C\c1cc2c(cc1Br)OCO2. The highest BCUT2D eigenvalue weighted by molar-refractivity contribution is 9.10. The first kappa shape index (κ1) is 14.2. The molecule has 0 saturated heterocycles. The second-order valence-electron chi connectivity index (χ2n) is 4.61. The van der Waals surface area contributed by atoms with E-state index in [4.69, 9.17) is 26.1 Å². The Balaban J connectivity index is 1.73. The summed E-state index contributed by atoms with van der Waals surface area (Å²) in [7, 11) is 0. The molecule has 1 aliphatic rings. The lowest BCUT2D eigenvalue weighted by Crippen LogP contribution is -1.95. The van der Waals surface area contributed by atoms with Crippen molar-refractivity contribution >= 4 is 34.4 Å². The summed E-state index contributed by atoms with van der Waals surface area (Å²) in [5.74, 6) is 2.44. The average Bonchev–Trinajstić information content (AvgIpc) is 3.25. The van der Waals surface area contributed by atoms with E-state index in [0.717, 1.165) is 10.0 Å². The minimum absolute atomic E-state index is 0.220. The Kier molecular flexibility index (Phi) is 3.50. The van der Waals surface area contributed by atoms with Gasteiger partial charge in [0.25, 0.3) is 0 Å². The number of ether oxygens (including phenoxy) is 2. The zero-order valence-corrected chi connectivity index (χ0v) is 13.9. The van der Waals surface area contributed by atoms with Gasteiger partial charge in [0.05, 0.1) is 12.5 Å². The maximum atomic E-state index is 5.37. The highest BCUT2D eigenvalue weighted by Crippen LogP contribution is 2.36. The first-order valence-corrected chi connectivity index (χ1v) is 7.77. The maximum absolute atomic E-state index is 5.37. The van der Waals surface area contributed by atoms with E-state index < -0.39 is 0 Å². The van der Waals surface area contributed by atoms with Gasteiger partial charge >= 0.3 is 0 Å². The van der Waals surface area contributed by atoms with Crippen LogP contribution in [0.25, 0.3) is 11.6 Å². The number of rotatable bonds is 3. The van der Waals surface area contributed by atoms with Crippen molar-refractivity contribution in [3.8, 4) is 23.1 Å². The number of hydrogen-bond donors (Lipinski definition) is 1. The Morgan fingerprint density at radius 3 is 2.96 bits per heavy atom. The number of H-pyrrole nitrogens is 1. The molecule has 116 valence electrons. The number of nitrogens with zero attached hydrogens (tertiary/aromatic N) is 3. The smallest absolute Gasteiger partial charge is 0.231 e. The van der Waals surface area contributed by atoms with Crippen molar-refractivity contribution in [3.63, 3.8) is 0 Å². The molecule has 0 bridgehead atoms. The summed E-state index contributed by atoms with van der Waals surface area (Å²) in [5, 5.41) is 11.2. The average molecular weight is 393 g/mol. The lowest BCUT2D eigenvalue weighted by Gasteiger charge is -2.02. The minimum Gasteiger partial charge on any atom is -0.461 e. The predicted octanol–water partition coefficient (Wildman–Crippen LogP) is 3.57. The van der Waals surface area contributed by atoms with Crippen LogP contribution in [-0.4, -0.2) is 27.9 Å². The Labute approximate surface area is 143 Å². The van der Waals surface area contributed by atoms with Gasteiger partial charge in [-0.3, -0.25) is 0 Å². The number of nitrogens with one attached hydrogen (secondary N) is 1. The lowest BCUT2D eigenvalue weighted by atomic mass is 10.2. The largest absolute Gasteiger partial charge is 0.461 e. The fourth-order valence-corrected chi connectivity index (χ4v) is 2.72. The molecular formula is C14H9BrN4O3S. The maximum Gasteiger partial charge on any atom is 0.231 e. The second-order valence-corrected chi connectivity index (χ2v) is 5.85. The van der Waals surface area contributed by atoms with Crippen molar-refractivity contribution < 1.29 is 13.9 Å². The van der Waals surface area contributed by atoms with E-state index in [1.54, 1.807) is 24.6 Å². The molecule has 7 nitrogen and oxygen atoms in total. The molecule has 0 aliphatic carbocycles. The Morgan fingerprint density at radius 2 is 2.17 bits per heavy atom. The number of hydrogen-bond acceptors (Lipinski definition) is 6. The van der Waals surface area contributed by atoms with Gasteiger partial charge < -0.3 is 13.9 Å². The normalized spacial score (nSPS) is 13.1. The van der Waals surface area contributed by atoms with Crippen LogP contribution in [0, 0.1) is 4.77 Å². The van der Waals surface area contributed by atoms with Gasteiger partial charge in [-0.2, -0.15) is 9.78 Å². The van der Waals surface area contributed by atoms with Gasteiger partial charge in [-0.05, 0) is 52.4 Å². The quantitative estimate of drug-likeness (QED) is 0.544. The molecular weight excluding hydrogens is 384 g/mol. The van der Waals surface area contributed by atoms with E-state index in [1.165, 1.54) is 4.68 Å². The number of benzene rings is 1. The molecule has 3 heterocycles. The van der Waals surface area contributed by atoms with Gasteiger partial charge in [-0.15, -0.1) is 5.10 Å². The number of fused-ring (bicyclic) bond motifs is 1. The molecule has 2 aromatic heterocycles. The molecule has 0 unspecified atom stereocenters. The molecule has 1 N–H and O–H groups in total. The van der Waals surface area contributed by atoms with E-state index in [0.29, 0.717) is 27.9 Å². The predicted molar refractivity (Wildman–Crippen MR) is 88.4 cm³/mol. The summed E-state index contributed by atoms with van der Waals surface area (Å²) in [5.41, 5.74) is 0.822. The third-order valence-electron chi connectivity index (χ3n) is 3.20. The molecule has 23 heavy (non-hydrogen) atoms. The molecule has 1 aromatic carbocycles. The van der Waals surface area contributed by atoms with Crippen LogP contribution in [0.15, 0.2) is 44.5 Å². The third kappa shape index (κ3) is 2.57. The molecule has 0 spiro atoms. The topological polar surface area (TPSA) is 77.6 Å². The molecule has 1 aliphatic heterocycles.